The number of carbonyl (C=O) groups is 1. The summed E-state index contributed by atoms with van der Waals surface area (Å²) in [6, 6.07) is 0. The molecule has 0 saturated carbocycles. The molecule has 70 valence electrons. The molecule has 0 aliphatic carbocycles. The Labute approximate surface area is 73.6 Å². The van der Waals surface area contributed by atoms with Gasteiger partial charge in [0.2, 0.25) is 5.91 Å². The van der Waals surface area contributed by atoms with Gasteiger partial charge in [-0.15, -0.1) is 0 Å². The number of carbonyl (C=O) groups excluding carboxylic acids is 1. The Morgan fingerprint density at radius 3 is 2.50 bits per heavy atom. The van der Waals surface area contributed by atoms with Gasteiger partial charge in [0.15, 0.2) is 0 Å². The van der Waals surface area contributed by atoms with Gasteiger partial charge in [-0.25, -0.2) is 0 Å². The maximum absolute atomic E-state index is 11.0. The summed E-state index contributed by atoms with van der Waals surface area (Å²) >= 11 is 0. The Bertz CT molecular complexity index is 168. The van der Waals surface area contributed by atoms with E-state index in [-0.39, 0.29) is 5.91 Å². The third-order valence-corrected chi connectivity index (χ3v) is 1.45. The normalized spacial score (nSPS) is 10.3. The van der Waals surface area contributed by atoms with Crippen LogP contribution in [-0.2, 0) is 4.79 Å². The second-order valence-corrected chi connectivity index (χ2v) is 2.49. The van der Waals surface area contributed by atoms with E-state index in [2.05, 4.69) is 0 Å². The molecule has 0 spiro atoms. The van der Waals surface area contributed by atoms with Crippen LogP contribution in [0.5, 0.6) is 0 Å². The van der Waals surface area contributed by atoms with Crippen LogP contribution in [0.25, 0.3) is 0 Å². The summed E-state index contributed by atoms with van der Waals surface area (Å²) in [5.74, 6) is 0.000972. The Kier molecular flexibility index (Phi) is 5.12. The van der Waals surface area contributed by atoms with Crippen LogP contribution in [0.4, 0.5) is 0 Å². The molecule has 12 heavy (non-hydrogen) atoms. The predicted octanol–water partition coefficient (Wildman–Crippen LogP) is 0.174. The topological polar surface area (TPSA) is 49.6 Å². The van der Waals surface area contributed by atoms with E-state index in [1.165, 1.54) is 6.92 Å². The highest BCUT2D eigenvalue weighted by atomic mass is 16.2. The summed E-state index contributed by atoms with van der Waals surface area (Å²) in [6.45, 7) is 4.45. The van der Waals surface area contributed by atoms with Crippen LogP contribution in [-0.4, -0.2) is 36.1 Å². The van der Waals surface area contributed by atoms with Gasteiger partial charge in [0.1, 0.15) is 0 Å². The molecule has 4 nitrogen and oxygen atoms in total. The highest BCUT2D eigenvalue weighted by Gasteiger charge is 2.09. The van der Waals surface area contributed by atoms with Gasteiger partial charge in [0.05, 0.1) is 6.54 Å². The van der Waals surface area contributed by atoms with Crippen molar-refractivity contribution in [2.24, 2.45) is 5.73 Å². The summed E-state index contributed by atoms with van der Waals surface area (Å²) in [7, 11) is 1.82. The van der Waals surface area contributed by atoms with Crippen LogP contribution in [0.1, 0.15) is 13.8 Å². The van der Waals surface area contributed by atoms with Gasteiger partial charge in [0, 0.05) is 26.7 Å². The van der Waals surface area contributed by atoms with Crippen molar-refractivity contribution in [2.45, 2.75) is 13.8 Å². The first-order chi connectivity index (χ1) is 5.63. The van der Waals surface area contributed by atoms with Gasteiger partial charge in [-0.1, -0.05) is 6.08 Å². The molecule has 0 aliphatic heterocycles. The highest BCUT2D eigenvalue weighted by Crippen LogP contribution is 1.95. The van der Waals surface area contributed by atoms with Crippen molar-refractivity contribution in [3.8, 4) is 0 Å². The fourth-order valence-electron chi connectivity index (χ4n) is 0.956. The summed E-state index contributed by atoms with van der Waals surface area (Å²) in [5.41, 5.74) is 5.36. The van der Waals surface area contributed by atoms with E-state index in [4.69, 9.17) is 5.73 Å². The number of hydrogen-bond acceptors (Lipinski definition) is 3. The first-order valence-corrected chi connectivity index (χ1v) is 3.97. The molecule has 0 radical (unpaired) electrons. The maximum atomic E-state index is 11.0. The van der Waals surface area contributed by atoms with Gasteiger partial charge in [-0.05, 0) is 6.92 Å². The Morgan fingerprint density at radius 1 is 1.58 bits per heavy atom. The van der Waals surface area contributed by atoms with E-state index in [0.29, 0.717) is 13.1 Å². The van der Waals surface area contributed by atoms with Crippen LogP contribution in [0, 0.1) is 0 Å². The number of nitrogens with two attached hydrogens (primary N) is 1. The molecule has 0 aromatic carbocycles. The molecule has 0 bridgehead atoms. The Balaban J connectivity index is 4.18. The molecule has 0 aliphatic rings. The van der Waals surface area contributed by atoms with Crippen LogP contribution in [0.3, 0.4) is 0 Å². The zero-order valence-corrected chi connectivity index (χ0v) is 7.95. The van der Waals surface area contributed by atoms with E-state index in [0.717, 1.165) is 0 Å². The average Bonchev–Trinajstić information content (AvgIpc) is 1.99. The highest BCUT2D eigenvalue weighted by molar-refractivity contribution is 5.72. The first-order valence-electron chi connectivity index (χ1n) is 3.97. The lowest BCUT2D eigenvalue weighted by molar-refractivity contribution is -0.140. The molecule has 0 rings (SSSR count). The number of amides is 1. The molecule has 0 heterocycles. The lowest BCUT2D eigenvalue weighted by Crippen LogP contribution is -2.42. The Morgan fingerprint density at radius 2 is 2.17 bits per heavy atom. The molecule has 2 N–H and O–H groups in total. The lowest BCUT2D eigenvalue weighted by Gasteiger charge is -2.29. The molecule has 4 heteroatoms. The maximum Gasteiger partial charge on any atom is 0.237 e. The van der Waals surface area contributed by atoms with Crippen molar-refractivity contribution >= 4 is 5.91 Å². The number of allylic oxidation sites excluding steroid dienone is 1. The van der Waals surface area contributed by atoms with Crippen molar-refractivity contribution in [1.82, 2.24) is 10.0 Å². The standard InChI is InChI=1S/C8H17N3O/c1-4-6-10(3)11(7-5-9)8(2)12/h4,6H,5,7,9H2,1-3H3/b6-4-. The average molecular weight is 171 g/mol. The van der Waals surface area contributed by atoms with Crippen molar-refractivity contribution in [2.75, 3.05) is 20.1 Å². The smallest absolute Gasteiger partial charge is 0.237 e. The van der Waals surface area contributed by atoms with Crippen LogP contribution in [0.2, 0.25) is 0 Å². The van der Waals surface area contributed by atoms with Crippen LogP contribution in [0.15, 0.2) is 12.3 Å². The molecule has 0 atom stereocenters. The molecular formula is C8H17N3O. The zero-order chi connectivity index (χ0) is 9.56. The van der Waals surface area contributed by atoms with Crippen molar-refractivity contribution < 1.29 is 4.79 Å². The number of rotatable bonds is 4. The number of hydrazine groups is 1. The van der Waals surface area contributed by atoms with Crippen LogP contribution < -0.4 is 5.73 Å². The van der Waals surface area contributed by atoms with Crippen molar-refractivity contribution in [3.05, 3.63) is 12.3 Å². The quantitative estimate of drug-likeness (QED) is 0.614. The lowest BCUT2D eigenvalue weighted by atomic mass is 10.5. The van der Waals surface area contributed by atoms with Gasteiger partial charge < -0.3 is 5.73 Å². The van der Waals surface area contributed by atoms with Gasteiger partial charge >= 0.3 is 0 Å². The molecule has 0 fully saturated rings. The molecule has 0 aromatic rings. The van der Waals surface area contributed by atoms with E-state index >= 15 is 0 Å². The van der Waals surface area contributed by atoms with Gasteiger partial charge in [-0.3, -0.25) is 14.8 Å². The van der Waals surface area contributed by atoms with Crippen LogP contribution >= 0.6 is 0 Å². The predicted molar refractivity (Wildman–Crippen MR) is 49.0 cm³/mol. The monoisotopic (exact) mass is 171 g/mol. The van der Waals surface area contributed by atoms with E-state index in [1.54, 1.807) is 10.0 Å². The second kappa shape index (κ2) is 5.60. The molecule has 0 aromatic heterocycles. The summed E-state index contributed by atoms with van der Waals surface area (Å²) in [5, 5.41) is 3.31. The summed E-state index contributed by atoms with van der Waals surface area (Å²) < 4.78 is 0. The molecule has 0 saturated heterocycles. The fraction of sp³-hybridized carbons (Fsp3) is 0.625. The third kappa shape index (κ3) is 3.39. The van der Waals surface area contributed by atoms with Gasteiger partial charge in [0.25, 0.3) is 0 Å². The van der Waals surface area contributed by atoms with Crippen molar-refractivity contribution in [3.63, 3.8) is 0 Å². The third-order valence-electron chi connectivity index (χ3n) is 1.45. The first kappa shape index (κ1) is 11.0. The number of hydrogen-bond donors (Lipinski definition) is 1. The molecule has 1 amide bonds. The van der Waals surface area contributed by atoms with E-state index < -0.39 is 0 Å². The van der Waals surface area contributed by atoms with E-state index in [9.17, 15) is 4.79 Å². The molecule has 0 unspecified atom stereocenters. The minimum atomic E-state index is 0.000972. The summed E-state index contributed by atoms with van der Waals surface area (Å²) in [4.78, 5) is 11.0. The zero-order valence-electron chi connectivity index (χ0n) is 7.95. The second-order valence-electron chi connectivity index (χ2n) is 2.49. The summed E-state index contributed by atoms with van der Waals surface area (Å²) in [6.07, 6.45) is 3.68. The Hall–Kier alpha value is -1.03. The minimum absolute atomic E-state index is 0.000972. The SMILES string of the molecule is C/C=C\N(C)N(CCN)C(C)=O. The fourth-order valence-corrected chi connectivity index (χ4v) is 0.956. The number of nitrogens with zero attached hydrogens (tertiary/aromatic N) is 2. The largest absolute Gasteiger partial charge is 0.329 e. The van der Waals surface area contributed by atoms with Crippen molar-refractivity contribution in [1.29, 1.82) is 0 Å². The minimum Gasteiger partial charge on any atom is -0.329 e. The molecular weight excluding hydrogens is 154 g/mol. The van der Waals surface area contributed by atoms with E-state index in [1.807, 2.05) is 26.2 Å². The van der Waals surface area contributed by atoms with Gasteiger partial charge in [-0.2, -0.15) is 0 Å².